The molecule has 3 unspecified atom stereocenters. The number of halogens is 3. The molecule has 3 atom stereocenters. The van der Waals surface area contributed by atoms with Crippen LogP contribution >= 0.6 is 0 Å². The minimum Gasteiger partial charge on any atom is -0.443 e. The van der Waals surface area contributed by atoms with Crippen LogP contribution in [0.2, 0.25) is 0 Å². The maximum Gasteiger partial charge on any atom is 0.490 e. The van der Waals surface area contributed by atoms with Crippen molar-refractivity contribution in [3.63, 3.8) is 0 Å². The first kappa shape index (κ1) is 27.6. The van der Waals surface area contributed by atoms with Crippen molar-refractivity contribution in [1.82, 2.24) is 10.2 Å². The van der Waals surface area contributed by atoms with Crippen molar-refractivity contribution in [2.45, 2.75) is 43.9 Å². The third kappa shape index (κ3) is 6.17. The highest BCUT2D eigenvalue weighted by Crippen LogP contribution is 2.25. The van der Waals surface area contributed by atoms with Gasteiger partial charge in [-0.1, -0.05) is 66.7 Å². The maximum atomic E-state index is 13.6. The van der Waals surface area contributed by atoms with Gasteiger partial charge in [-0.05, 0) is 27.5 Å². The van der Waals surface area contributed by atoms with Gasteiger partial charge in [-0.3, -0.25) is 14.4 Å². The predicted octanol–water partition coefficient (Wildman–Crippen LogP) is 1.70. The zero-order valence-corrected chi connectivity index (χ0v) is 20.5. The molecule has 39 heavy (non-hydrogen) atoms. The van der Waals surface area contributed by atoms with E-state index in [2.05, 4.69) is 10.1 Å². The zero-order chi connectivity index (χ0) is 28.3. The normalized spacial score (nSPS) is 18.5. The van der Waals surface area contributed by atoms with Gasteiger partial charge in [0.25, 0.3) is 11.8 Å². The summed E-state index contributed by atoms with van der Waals surface area (Å²) in [7, 11) is 0. The van der Waals surface area contributed by atoms with Crippen LogP contribution in [0.3, 0.4) is 0 Å². The standard InChI is InChI=1S/C27H25F3N4O5/c28-27(29,30)26(38)39-22(23(32)35)21-25(37)34(14-16-7-5-15(13-31)6-8-16)20(24(36)33-21)12-17-9-10-18-3-1-2-4-19(18)11-17/h1-11,20-22H,12-14,31H2,(H2,32,35)(H,33,36). The predicted molar refractivity (Wildman–Crippen MR) is 133 cm³/mol. The van der Waals surface area contributed by atoms with Crippen LogP contribution in [-0.4, -0.2) is 53.0 Å². The molecule has 4 rings (SSSR count). The van der Waals surface area contributed by atoms with Crippen LogP contribution in [0.1, 0.15) is 16.7 Å². The first-order valence-electron chi connectivity index (χ1n) is 11.9. The molecule has 5 N–H and O–H groups in total. The smallest absolute Gasteiger partial charge is 0.443 e. The largest absolute Gasteiger partial charge is 0.490 e. The molecule has 12 heteroatoms. The van der Waals surface area contributed by atoms with Crippen LogP contribution in [0.25, 0.3) is 10.8 Å². The van der Waals surface area contributed by atoms with Crippen LogP contribution < -0.4 is 16.8 Å². The van der Waals surface area contributed by atoms with E-state index in [0.717, 1.165) is 26.8 Å². The van der Waals surface area contributed by atoms with Gasteiger partial charge in [-0.25, -0.2) is 4.79 Å². The molecular formula is C27H25F3N4O5. The molecule has 3 aromatic carbocycles. The number of fused-ring (bicyclic) bond motifs is 1. The molecule has 1 heterocycles. The van der Waals surface area contributed by atoms with Crippen molar-refractivity contribution in [2.24, 2.45) is 11.5 Å². The molecule has 1 saturated heterocycles. The number of benzene rings is 3. The van der Waals surface area contributed by atoms with Crippen LogP contribution in [0, 0.1) is 0 Å². The minimum absolute atomic E-state index is 0.0690. The fourth-order valence-corrected chi connectivity index (χ4v) is 4.42. The second kappa shape index (κ2) is 11.1. The van der Waals surface area contributed by atoms with E-state index in [-0.39, 0.29) is 19.5 Å². The molecular weight excluding hydrogens is 517 g/mol. The molecule has 9 nitrogen and oxygen atoms in total. The minimum atomic E-state index is -5.45. The average Bonchev–Trinajstić information content (AvgIpc) is 2.90. The summed E-state index contributed by atoms with van der Waals surface area (Å²) in [5, 5.41) is 4.13. The lowest BCUT2D eigenvalue weighted by molar-refractivity contribution is -0.207. The summed E-state index contributed by atoms with van der Waals surface area (Å²) in [5.41, 5.74) is 13.0. The molecule has 1 aliphatic heterocycles. The molecule has 1 fully saturated rings. The number of ether oxygens (including phenoxy) is 1. The number of carbonyl (C=O) groups excluding carboxylic acids is 4. The summed E-state index contributed by atoms with van der Waals surface area (Å²) in [6.07, 6.45) is -7.75. The lowest BCUT2D eigenvalue weighted by Gasteiger charge is -2.40. The highest BCUT2D eigenvalue weighted by atomic mass is 19.4. The maximum absolute atomic E-state index is 13.6. The second-order valence-corrected chi connectivity index (χ2v) is 9.10. The number of amides is 3. The van der Waals surface area contributed by atoms with Crippen molar-refractivity contribution < 1.29 is 37.1 Å². The summed E-state index contributed by atoms with van der Waals surface area (Å²) in [5.74, 6) is -5.91. The van der Waals surface area contributed by atoms with Crippen LogP contribution in [0.15, 0.2) is 66.7 Å². The van der Waals surface area contributed by atoms with Gasteiger partial charge in [0, 0.05) is 19.5 Å². The quantitative estimate of drug-likeness (QED) is 0.370. The Morgan fingerprint density at radius 3 is 2.18 bits per heavy atom. The van der Waals surface area contributed by atoms with Gasteiger partial charge in [0.05, 0.1) is 0 Å². The Hall–Kier alpha value is -4.45. The first-order valence-corrected chi connectivity index (χ1v) is 11.9. The number of nitrogens with one attached hydrogen (secondary N) is 1. The summed E-state index contributed by atoms with van der Waals surface area (Å²) >= 11 is 0. The number of hydrogen-bond donors (Lipinski definition) is 3. The van der Waals surface area contributed by atoms with Crippen LogP contribution in [0.4, 0.5) is 13.2 Å². The van der Waals surface area contributed by atoms with Crippen LogP contribution in [-0.2, 0) is 43.4 Å². The highest BCUT2D eigenvalue weighted by molar-refractivity contribution is 6.01. The molecule has 0 bridgehead atoms. The monoisotopic (exact) mass is 542 g/mol. The summed E-state index contributed by atoms with van der Waals surface area (Å²) in [6, 6.07) is 16.9. The number of nitrogens with two attached hydrogens (primary N) is 2. The number of piperazine rings is 1. The Labute approximate surface area is 220 Å². The number of nitrogens with zero attached hydrogens (tertiary/aromatic N) is 1. The van der Waals surface area contributed by atoms with Gasteiger partial charge in [0.2, 0.25) is 12.0 Å². The molecule has 0 radical (unpaired) electrons. The highest BCUT2D eigenvalue weighted by Gasteiger charge is 2.50. The number of rotatable bonds is 8. The third-order valence-electron chi connectivity index (χ3n) is 6.43. The van der Waals surface area contributed by atoms with Crippen molar-refractivity contribution in [1.29, 1.82) is 0 Å². The Balaban J connectivity index is 1.68. The molecule has 1 aliphatic rings. The molecule has 0 aliphatic carbocycles. The van der Waals surface area contributed by atoms with Gasteiger partial charge in [-0.2, -0.15) is 13.2 Å². The molecule has 204 valence electrons. The van der Waals surface area contributed by atoms with E-state index >= 15 is 0 Å². The Bertz CT molecular complexity index is 1410. The number of primary amides is 1. The molecule has 0 aromatic heterocycles. The van der Waals surface area contributed by atoms with E-state index in [1.165, 1.54) is 0 Å². The van der Waals surface area contributed by atoms with Gasteiger partial charge in [0.15, 0.2) is 6.04 Å². The van der Waals surface area contributed by atoms with Crippen molar-refractivity contribution >= 4 is 34.5 Å². The van der Waals surface area contributed by atoms with Crippen molar-refractivity contribution in [3.05, 3.63) is 83.4 Å². The Morgan fingerprint density at radius 2 is 1.56 bits per heavy atom. The molecule has 0 spiro atoms. The Morgan fingerprint density at radius 1 is 0.949 bits per heavy atom. The lowest BCUT2D eigenvalue weighted by atomic mass is 9.95. The molecule has 3 aromatic rings. The van der Waals surface area contributed by atoms with E-state index in [1.54, 1.807) is 30.3 Å². The summed E-state index contributed by atoms with van der Waals surface area (Å²) < 4.78 is 42.8. The number of esters is 1. The second-order valence-electron chi connectivity index (χ2n) is 9.10. The topological polar surface area (TPSA) is 145 Å². The van der Waals surface area contributed by atoms with Crippen molar-refractivity contribution in [3.8, 4) is 0 Å². The third-order valence-corrected chi connectivity index (χ3v) is 6.43. The van der Waals surface area contributed by atoms with E-state index in [4.69, 9.17) is 11.5 Å². The summed E-state index contributed by atoms with van der Waals surface area (Å²) in [4.78, 5) is 51.5. The van der Waals surface area contributed by atoms with E-state index in [9.17, 15) is 32.3 Å². The fraction of sp³-hybridized carbons (Fsp3) is 0.259. The van der Waals surface area contributed by atoms with Gasteiger partial charge < -0.3 is 26.4 Å². The number of alkyl halides is 3. The van der Waals surface area contributed by atoms with Crippen molar-refractivity contribution in [2.75, 3.05) is 0 Å². The number of carbonyl (C=O) groups is 4. The zero-order valence-electron chi connectivity index (χ0n) is 20.5. The summed E-state index contributed by atoms with van der Waals surface area (Å²) in [6.45, 7) is 0.160. The van der Waals surface area contributed by atoms with E-state index < -0.39 is 48.1 Å². The average molecular weight is 543 g/mol. The number of hydrogen-bond acceptors (Lipinski definition) is 6. The van der Waals surface area contributed by atoms with Gasteiger partial charge >= 0.3 is 12.1 Å². The molecule has 3 amide bonds. The lowest BCUT2D eigenvalue weighted by Crippen LogP contribution is -2.68. The van der Waals surface area contributed by atoms with E-state index in [0.29, 0.717) is 5.56 Å². The van der Waals surface area contributed by atoms with Gasteiger partial charge in [0.1, 0.15) is 6.04 Å². The molecule has 0 saturated carbocycles. The van der Waals surface area contributed by atoms with Crippen LogP contribution in [0.5, 0.6) is 0 Å². The van der Waals surface area contributed by atoms with Gasteiger partial charge in [-0.15, -0.1) is 0 Å². The fourth-order valence-electron chi connectivity index (χ4n) is 4.42. The first-order chi connectivity index (χ1) is 18.5. The SMILES string of the molecule is NCc1ccc(CN2C(=O)C(C(OC(=O)C(F)(F)F)C(N)=O)NC(=O)C2Cc2ccc3ccccc3c2)cc1. The Kier molecular flexibility index (Phi) is 7.86. The van der Waals surface area contributed by atoms with E-state index in [1.807, 2.05) is 36.4 Å².